The van der Waals surface area contributed by atoms with Crippen molar-refractivity contribution >= 4 is 16.6 Å². The highest BCUT2D eigenvalue weighted by Gasteiger charge is 1.95. The minimum atomic E-state index is 1.65. The van der Waals surface area contributed by atoms with E-state index in [1.807, 2.05) is 0 Å². The zero-order valence-corrected chi connectivity index (χ0v) is 6.67. The molecular formula is HAlO12. The Balaban J connectivity index is 2.76. The normalized spacial score (nSPS) is 10.5. The van der Waals surface area contributed by atoms with Crippen LogP contribution in [0.5, 0.6) is 0 Å². The minimum Gasteiger partial charge on any atom is -0.367 e. The van der Waals surface area contributed by atoms with Crippen LogP contribution in [0.3, 0.4) is 0 Å². The molecule has 76 valence electrons. The van der Waals surface area contributed by atoms with Crippen molar-refractivity contribution in [3.05, 3.63) is 0 Å². The summed E-state index contributed by atoms with van der Waals surface area (Å²) in [6, 6.07) is 0. The van der Waals surface area contributed by atoms with E-state index in [0.717, 1.165) is 0 Å². The Labute approximate surface area is 77.1 Å². The molecule has 0 unspecified atom stereocenters. The first-order chi connectivity index (χ1) is 6.41. The van der Waals surface area contributed by atoms with Gasteiger partial charge in [-0.1, -0.05) is 5.04 Å². The molecule has 1 N–H and O–H groups in total. The van der Waals surface area contributed by atoms with Gasteiger partial charge in [-0.05, 0) is 45.3 Å². The van der Waals surface area contributed by atoms with Crippen LogP contribution in [0, 0.1) is 0 Å². The summed E-state index contributed by atoms with van der Waals surface area (Å²) >= 11 is 1.65. The zero-order chi connectivity index (χ0) is 9.78. The number of hydrogen-bond acceptors (Lipinski definition) is 12. The molecule has 13 heavy (non-hydrogen) atoms. The van der Waals surface area contributed by atoms with Crippen molar-refractivity contribution in [2.24, 2.45) is 0 Å². The molecular weight excluding hydrogens is 219 g/mol. The molecule has 0 aliphatic carbocycles. The Morgan fingerprint density at radius 3 is 1.38 bits per heavy atom. The van der Waals surface area contributed by atoms with Crippen molar-refractivity contribution in [2.45, 2.75) is 0 Å². The maximum absolute atomic E-state index is 7.43. The summed E-state index contributed by atoms with van der Waals surface area (Å²) in [7, 11) is 0. The van der Waals surface area contributed by atoms with Crippen molar-refractivity contribution < 1.29 is 59.6 Å². The average molecular weight is 220 g/mol. The second kappa shape index (κ2) is 12.1. The van der Waals surface area contributed by atoms with Crippen molar-refractivity contribution in [2.75, 3.05) is 0 Å². The molecule has 0 aromatic carbocycles. The molecule has 12 nitrogen and oxygen atoms in total. The lowest BCUT2D eigenvalue weighted by atomic mass is 14.1. The van der Waals surface area contributed by atoms with Gasteiger partial charge in [-0.15, -0.1) is 0 Å². The highest BCUT2D eigenvalue weighted by Crippen LogP contribution is 1.89. The fourth-order valence-corrected chi connectivity index (χ4v) is 0.140. The van der Waals surface area contributed by atoms with E-state index in [1.165, 1.54) is 0 Å². The topological polar surface area (TPSA) is 122 Å². The summed E-state index contributed by atoms with van der Waals surface area (Å²) in [6.07, 6.45) is 0. The Bertz CT molecular complexity index is 71.2. The fourth-order valence-electron chi connectivity index (χ4n) is 0.108. The molecule has 0 heterocycles. The highest BCUT2D eigenvalue weighted by atomic mass is 27.1. The molecule has 0 rings (SSSR count). The molecule has 0 amide bonds. The molecule has 0 saturated carbocycles. The van der Waals surface area contributed by atoms with Gasteiger partial charge in [0.25, 0.3) is 0 Å². The van der Waals surface area contributed by atoms with Gasteiger partial charge >= 0.3 is 16.6 Å². The third kappa shape index (κ3) is 12.1. The molecule has 0 aromatic heterocycles. The van der Waals surface area contributed by atoms with E-state index in [-0.39, 0.29) is 0 Å². The van der Waals surface area contributed by atoms with Gasteiger partial charge < -0.3 is 3.94 Å². The Morgan fingerprint density at radius 2 is 1.00 bits per heavy atom. The highest BCUT2D eigenvalue weighted by molar-refractivity contribution is 5.97. The molecule has 0 bridgehead atoms. The van der Waals surface area contributed by atoms with Crippen molar-refractivity contribution in [3.63, 3.8) is 0 Å². The van der Waals surface area contributed by atoms with Crippen LogP contribution in [0.4, 0.5) is 0 Å². The quantitative estimate of drug-likeness (QED) is 0.207. The molecule has 13 heteroatoms. The van der Waals surface area contributed by atoms with Crippen molar-refractivity contribution in [1.29, 1.82) is 0 Å². The first-order valence-corrected chi connectivity index (χ1v) is 2.56. The van der Waals surface area contributed by atoms with Gasteiger partial charge in [0, 0.05) is 0 Å². The summed E-state index contributed by atoms with van der Waals surface area (Å²) in [5.74, 6) is 0. The van der Waals surface area contributed by atoms with Crippen LogP contribution in [0.25, 0.3) is 0 Å². The molecule has 2 radical (unpaired) electrons. The van der Waals surface area contributed by atoms with Crippen LogP contribution in [0.2, 0.25) is 0 Å². The minimum absolute atomic E-state index is 1.65. The maximum atomic E-state index is 7.43. The van der Waals surface area contributed by atoms with E-state index in [0.29, 0.717) is 0 Å². The molecule has 0 fully saturated rings. The van der Waals surface area contributed by atoms with E-state index in [1.54, 1.807) is 16.6 Å². The fraction of sp³-hybridized carbons (Fsp3) is 0. The summed E-state index contributed by atoms with van der Waals surface area (Å²) in [5, 5.41) is 41.4. The Kier molecular flexibility index (Phi) is 12.1. The average Bonchev–Trinajstić information content (AvgIpc) is 2.16. The van der Waals surface area contributed by atoms with E-state index in [4.69, 9.17) is 5.26 Å². The second-order valence-corrected chi connectivity index (χ2v) is 0.976. The van der Waals surface area contributed by atoms with Crippen molar-refractivity contribution in [3.8, 4) is 0 Å². The van der Waals surface area contributed by atoms with Gasteiger partial charge in [0.05, 0.1) is 0 Å². The van der Waals surface area contributed by atoms with Crippen LogP contribution in [0.15, 0.2) is 0 Å². The SMILES string of the molecule is OOOOOOOOOOO[O][Al]. The van der Waals surface area contributed by atoms with E-state index < -0.39 is 0 Å². The lowest BCUT2D eigenvalue weighted by Crippen LogP contribution is -2.02. The molecule has 0 atom stereocenters. The largest absolute Gasteiger partial charge is 0.441 e. The summed E-state index contributed by atoms with van der Waals surface area (Å²) in [6.45, 7) is 0. The smallest absolute Gasteiger partial charge is 0.367 e. The maximum Gasteiger partial charge on any atom is 0.441 e. The van der Waals surface area contributed by atoms with Crippen LogP contribution < -0.4 is 0 Å². The first-order valence-electron chi connectivity index (χ1n) is 2.08. The molecule has 0 aliphatic heterocycles. The predicted octanol–water partition coefficient (Wildman–Crippen LogP) is -1.12. The second-order valence-electron chi connectivity index (χ2n) is 0.783. The third-order valence-corrected chi connectivity index (χ3v) is 0.371. The van der Waals surface area contributed by atoms with E-state index in [2.05, 4.69) is 54.3 Å². The van der Waals surface area contributed by atoms with E-state index in [9.17, 15) is 0 Å². The van der Waals surface area contributed by atoms with Crippen LogP contribution in [-0.2, 0) is 54.3 Å². The van der Waals surface area contributed by atoms with Gasteiger partial charge in [-0.25, -0.2) is 5.26 Å². The summed E-state index contributed by atoms with van der Waals surface area (Å²) in [5.41, 5.74) is 0. The van der Waals surface area contributed by atoms with Gasteiger partial charge in [0.1, 0.15) is 0 Å². The first kappa shape index (κ1) is 13.1. The van der Waals surface area contributed by atoms with Gasteiger partial charge in [-0.2, -0.15) is 0 Å². The van der Waals surface area contributed by atoms with Crippen LogP contribution >= 0.6 is 0 Å². The monoisotopic (exact) mass is 220 g/mol. The van der Waals surface area contributed by atoms with Gasteiger partial charge in [-0.3, -0.25) is 0 Å². The lowest BCUT2D eigenvalue weighted by Gasteiger charge is -1.97. The number of hydrogen-bond donors (Lipinski definition) is 1. The molecule has 0 saturated heterocycles. The van der Waals surface area contributed by atoms with Gasteiger partial charge in [0.15, 0.2) is 0 Å². The third-order valence-electron chi connectivity index (χ3n) is 0.292. The number of rotatable bonds is 10. The van der Waals surface area contributed by atoms with Crippen LogP contribution in [0.1, 0.15) is 0 Å². The van der Waals surface area contributed by atoms with Crippen LogP contribution in [-0.4, -0.2) is 21.9 Å². The Hall–Kier alpha value is 0.0525. The molecule has 0 aromatic rings. The Morgan fingerprint density at radius 1 is 0.615 bits per heavy atom. The zero-order valence-electron chi connectivity index (χ0n) is 5.52. The summed E-state index contributed by atoms with van der Waals surface area (Å²) < 4.78 is 3.77. The standard InChI is InChI=1S/Al.H2O12/c;1-3-5-7-9-11-12-10-8-6-4-2/h;1-2H/q+1;/p-1. The summed E-state index contributed by atoms with van der Waals surface area (Å²) in [4.78, 5) is 0. The predicted molar refractivity (Wildman–Crippen MR) is 20.3 cm³/mol. The lowest BCUT2D eigenvalue weighted by molar-refractivity contribution is -0.860. The molecule has 0 aliphatic rings. The molecule has 0 spiro atoms. The van der Waals surface area contributed by atoms with Gasteiger partial charge in [0.2, 0.25) is 0 Å². The van der Waals surface area contributed by atoms with E-state index >= 15 is 0 Å². The van der Waals surface area contributed by atoms with Crippen molar-refractivity contribution in [1.82, 2.24) is 0 Å².